The standard InChI is InChI=1S/C14H21N5/c1-8-4-5-9(2)11(6-8)13-17-18-14-12(15)16-7-10(3)19(13)14/h7-9,11H,4-6H2,1-3H3,(H2,15,16)/t8-,9+,11?/m1/s1. The van der Waals surface area contributed by atoms with Crippen molar-refractivity contribution in [3.63, 3.8) is 0 Å². The van der Waals surface area contributed by atoms with Crippen molar-refractivity contribution in [3.8, 4) is 0 Å². The van der Waals surface area contributed by atoms with Crippen molar-refractivity contribution in [2.45, 2.75) is 46.0 Å². The Hall–Kier alpha value is -1.65. The van der Waals surface area contributed by atoms with Gasteiger partial charge in [-0.05, 0) is 31.6 Å². The molecule has 2 N–H and O–H groups in total. The topological polar surface area (TPSA) is 69.1 Å². The largest absolute Gasteiger partial charge is 0.381 e. The minimum Gasteiger partial charge on any atom is -0.381 e. The lowest BCUT2D eigenvalue weighted by Crippen LogP contribution is -2.22. The number of rotatable bonds is 1. The maximum absolute atomic E-state index is 5.90. The lowest BCUT2D eigenvalue weighted by atomic mass is 9.75. The molecule has 102 valence electrons. The first-order chi connectivity index (χ1) is 9.08. The van der Waals surface area contributed by atoms with E-state index < -0.39 is 0 Å². The van der Waals surface area contributed by atoms with Gasteiger partial charge in [-0.1, -0.05) is 20.3 Å². The average Bonchev–Trinajstić information content (AvgIpc) is 2.83. The Morgan fingerprint density at radius 2 is 2.05 bits per heavy atom. The second kappa shape index (κ2) is 4.47. The van der Waals surface area contributed by atoms with Crippen LogP contribution in [0, 0.1) is 18.8 Å². The van der Waals surface area contributed by atoms with E-state index in [2.05, 4.69) is 33.4 Å². The molecule has 0 aromatic carbocycles. The van der Waals surface area contributed by atoms with Gasteiger partial charge in [0.1, 0.15) is 5.82 Å². The summed E-state index contributed by atoms with van der Waals surface area (Å²) in [7, 11) is 0. The molecular weight excluding hydrogens is 238 g/mol. The highest BCUT2D eigenvalue weighted by Gasteiger charge is 2.30. The van der Waals surface area contributed by atoms with Gasteiger partial charge in [-0.25, -0.2) is 4.98 Å². The molecule has 1 aliphatic carbocycles. The van der Waals surface area contributed by atoms with E-state index in [1.165, 1.54) is 19.3 Å². The van der Waals surface area contributed by atoms with E-state index in [1.807, 2.05) is 6.92 Å². The summed E-state index contributed by atoms with van der Waals surface area (Å²) in [5.74, 6) is 3.39. The Morgan fingerprint density at radius 1 is 1.26 bits per heavy atom. The predicted molar refractivity (Wildman–Crippen MR) is 74.9 cm³/mol. The normalized spacial score (nSPS) is 27.8. The van der Waals surface area contributed by atoms with E-state index in [9.17, 15) is 0 Å². The first-order valence-corrected chi connectivity index (χ1v) is 7.04. The van der Waals surface area contributed by atoms with Crippen LogP contribution in [0.1, 0.15) is 50.5 Å². The van der Waals surface area contributed by atoms with Gasteiger partial charge in [0, 0.05) is 17.8 Å². The number of fused-ring (bicyclic) bond motifs is 1. The van der Waals surface area contributed by atoms with Crippen molar-refractivity contribution in [1.82, 2.24) is 19.6 Å². The highest BCUT2D eigenvalue weighted by atomic mass is 15.3. The highest BCUT2D eigenvalue weighted by molar-refractivity contribution is 5.59. The molecule has 2 heterocycles. The maximum atomic E-state index is 5.90. The third-order valence-corrected chi connectivity index (χ3v) is 4.45. The molecule has 2 aromatic heterocycles. The van der Waals surface area contributed by atoms with Crippen LogP contribution in [-0.4, -0.2) is 19.6 Å². The van der Waals surface area contributed by atoms with Crippen molar-refractivity contribution < 1.29 is 0 Å². The minimum absolute atomic E-state index is 0.459. The molecule has 1 unspecified atom stereocenters. The number of aryl methyl sites for hydroxylation is 1. The Kier molecular flexibility index (Phi) is 2.92. The highest BCUT2D eigenvalue weighted by Crippen LogP contribution is 2.39. The number of aromatic nitrogens is 4. The van der Waals surface area contributed by atoms with Gasteiger partial charge in [-0.2, -0.15) is 0 Å². The van der Waals surface area contributed by atoms with Crippen LogP contribution in [-0.2, 0) is 0 Å². The summed E-state index contributed by atoms with van der Waals surface area (Å²) in [6, 6.07) is 0. The molecular formula is C14H21N5. The Balaban J connectivity index is 2.12. The molecule has 3 rings (SSSR count). The molecule has 3 atom stereocenters. The van der Waals surface area contributed by atoms with Gasteiger partial charge in [-0.3, -0.25) is 4.40 Å². The molecule has 19 heavy (non-hydrogen) atoms. The number of hydrogen-bond donors (Lipinski definition) is 1. The summed E-state index contributed by atoms with van der Waals surface area (Å²) < 4.78 is 2.08. The van der Waals surface area contributed by atoms with E-state index in [-0.39, 0.29) is 0 Å². The van der Waals surface area contributed by atoms with Crippen LogP contribution >= 0.6 is 0 Å². The summed E-state index contributed by atoms with van der Waals surface area (Å²) in [5, 5.41) is 8.66. The Labute approximate surface area is 113 Å². The van der Waals surface area contributed by atoms with Gasteiger partial charge in [0.25, 0.3) is 0 Å². The van der Waals surface area contributed by atoms with Crippen LogP contribution in [0.4, 0.5) is 5.82 Å². The molecule has 5 heteroatoms. The van der Waals surface area contributed by atoms with Crippen molar-refractivity contribution in [3.05, 3.63) is 17.7 Å². The summed E-state index contributed by atoms with van der Waals surface area (Å²) >= 11 is 0. The summed E-state index contributed by atoms with van der Waals surface area (Å²) in [5.41, 5.74) is 7.64. The van der Waals surface area contributed by atoms with Crippen molar-refractivity contribution >= 4 is 11.5 Å². The lowest BCUT2D eigenvalue weighted by Gasteiger charge is -2.31. The second-order valence-corrected chi connectivity index (χ2v) is 6.00. The lowest BCUT2D eigenvalue weighted by molar-refractivity contribution is 0.255. The minimum atomic E-state index is 0.459. The van der Waals surface area contributed by atoms with E-state index in [0.29, 0.717) is 23.3 Å². The summed E-state index contributed by atoms with van der Waals surface area (Å²) in [6.07, 6.45) is 5.56. The van der Waals surface area contributed by atoms with Crippen LogP contribution < -0.4 is 5.73 Å². The number of anilines is 1. The average molecular weight is 259 g/mol. The number of nitrogens with zero attached hydrogens (tertiary/aromatic N) is 4. The van der Waals surface area contributed by atoms with Gasteiger partial charge in [0.15, 0.2) is 5.82 Å². The van der Waals surface area contributed by atoms with Crippen LogP contribution in [0.25, 0.3) is 5.65 Å². The maximum Gasteiger partial charge on any atom is 0.203 e. The monoisotopic (exact) mass is 259 g/mol. The molecule has 0 bridgehead atoms. The van der Waals surface area contributed by atoms with Crippen LogP contribution in [0.2, 0.25) is 0 Å². The quantitative estimate of drug-likeness (QED) is 0.854. The molecule has 1 fully saturated rings. The van der Waals surface area contributed by atoms with Crippen molar-refractivity contribution in [1.29, 1.82) is 0 Å². The van der Waals surface area contributed by atoms with Crippen molar-refractivity contribution in [2.75, 3.05) is 5.73 Å². The number of nitrogens with two attached hydrogens (primary N) is 1. The van der Waals surface area contributed by atoms with E-state index in [1.54, 1.807) is 6.20 Å². The predicted octanol–water partition coefficient (Wildman–Crippen LogP) is 2.55. The van der Waals surface area contributed by atoms with Crippen LogP contribution in [0.5, 0.6) is 0 Å². The van der Waals surface area contributed by atoms with E-state index in [4.69, 9.17) is 5.73 Å². The Morgan fingerprint density at radius 3 is 2.84 bits per heavy atom. The zero-order valence-corrected chi connectivity index (χ0v) is 11.8. The smallest absolute Gasteiger partial charge is 0.203 e. The van der Waals surface area contributed by atoms with Gasteiger partial charge in [0.05, 0.1) is 0 Å². The summed E-state index contributed by atoms with van der Waals surface area (Å²) in [6.45, 7) is 6.67. The van der Waals surface area contributed by atoms with Crippen molar-refractivity contribution in [2.24, 2.45) is 11.8 Å². The van der Waals surface area contributed by atoms with Gasteiger partial charge >= 0.3 is 0 Å². The number of nitrogen functional groups attached to an aromatic ring is 1. The fourth-order valence-electron chi connectivity index (χ4n) is 3.22. The molecule has 0 spiro atoms. The first kappa shape index (κ1) is 12.4. The zero-order chi connectivity index (χ0) is 13.6. The molecule has 0 radical (unpaired) electrons. The fraction of sp³-hybridized carbons (Fsp3) is 0.643. The van der Waals surface area contributed by atoms with Crippen LogP contribution in [0.15, 0.2) is 6.20 Å². The zero-order valence-electron chi connectivity index (χ0n) is 11.8. The molecule has 2 aromatic rings. The molecule has 0 saturated heterocycles. The van der Waals surface area contributed by atoms with E-state index >= 15 is 0 Å². The van der Waals surface area contributed by atoms with E-state index in [0.717, 1.165) is 17.4 Å². The van der Waals surface area contributed by atoms with Gasteiger partial charge in [-0.15, -0.1) is 10.2 Å². The van der Waals surface area contributed by atoms with Gasteiger partial charge in [0.2, 0.25) is 5.65 Å². The first-order valence-electron chi connectivity index (χ1n) is 7.04. The molecule has 0 aliphatic heterocycles. The van der Waals surface area contributed by atoms with Crippen LogP contribution in [0.3, 0.4) is 0 Å². The summed E-state index contributed by atoms with van der Waals surface area (Å²) in [4.78, 5) is 4.15. The second-order valence-electron chi connectivity index (χ2n) is 6.00. The molecule has 1 saturated carbocycles. The Bertz CT molecular complexity index is 603. The molecule has 5 nitrogen and oxygen atoms in total. The third-order valence-electron chi connectivity index (χ3n) is 4.45. The van der Waals surface area contributed by atoms with Gasteiger partial charge < -0.3 is 5.73 Å². The fourth-order valence-corrected chi connectivity index (χ4v) is 3.22. The molecule has 1 aliphatic rings. The SMILES string of the molecule is Cc1cnc(N)c2nnc(C3C[C@H](C)CC[C@@H]3C)n12. The third kappa shape index (κ3) is 1.97. The number of hydrogen-bond acceptors (Lipinski definition) is 4. The molecule has 0 amide bonds.